The van der Waals surface area contributed by atoms with Gasteiger partial charge in [0.15, 0.2) is 0 Å². The number of halogens is 21. The summed E-state index contributed by atoms with van der Waals surface area (Å²) in [5.74, 6) is -52.3. The largest absolute Gasteiger partial charge is 0.537 e. The number of alkyl halides is 6. The molecule has 0 N–H and O–H groups in total. The molecule has 1 aliphatic carbocycles. The highest BCUT2D eigenvalue weighted by Gasteiger charge is 2.56. The fourth-order valence-corrected chi connectivity index (χ4v) is 16.8. The molecule has 1 saturated heterocycles. The van der Waals surface area contributed by atoms with Crippen LogP contribution in [-0.4, -0.2) is 151 Å². The van der Waals surface area contributed by atoms with Crippen molar-refractivity contribution in [2.45, 2.75) is 98.1 Å². The van der Waals surface area contributed by atoms with E-state index in [2.05, 4.69) is 42.3 Å². The van der Waals surface area contributed by atoms with Crippen molar-refractivity contribution < 1.29 is 231 Å². The molecule has 9 aliphatic rings. The Morgan fingerprint density at radius 3 is 0.818 bits per heavy atom. The first-order valence-corrected chi connectivity index (χ1v) is 44.3. The molecule has 143 heavy (non-hydrogen) atoms. The summed E-state index contributed by atoms with van der Waals surface area (Å²) in [5.41, 5.74) is 3.33. The normalized spacial score (nSPS) is 18.0. The van der Waals surface area contributed by atoms with Crippen LogP contribution in [0.25, 0.3) is 10.8 Å². The molecule has 0 radical (unpaired) electrons. The number of amides is 12. The van der Waals surface area contributed by atoms with Crippen molar-refractivity contribution >= 4 is 150 Å². The van der Waals surface area contributed by atoms with E-state index in [0.717, 1.165) is 29.5 Å². The zero-order chi connectivity index (χ0) is 106. The van der Waals surface area contributed by atoms with Gasteiger partial charge in [0.05, 0.1) is 56.7 Å². The Kier molecular flexibility index (Phi) is 32.7. The van der Waals surface area contributed by atoms with Crippen LogP contribution in [0.5, 0.6) is 23.0 Å². The van der Waals surface area contributed by atoms with Crippen molar-refractivity contribution in [2.75, 3.05) is 0 Å². The summed E-state index contributed by atoms with van der Waals surface area (Å²) in [5, 5.41) is 1.41. The van der Waals surface area contributed by atoms with Crippen LogP contribution in [0.15, 0.2) is 131 Å². The molecule has 64 heteroatoms. The SMILES string of the molecule is CC1=C(C)C(=O)N(OS(=O)OC(F)(F)F)C1=O.Cc1cc(C)c(OS(=O)ON2C(=O)C3=C(CCCC3)C2=O)c(C)c1.O=C1C2=C(C(=O)N1OS(=O)Oc1c(F)c(F)c(F)c(F)c1F)C1CCC2O1.O=C1c2cccc3cccc(c23)C(=O)N1OS(=O)Oc1c(F)c(F)c(F)c(F)c1F.O=C1c2ccccc2C(=O)N1OS(=O)OC(F)(F)F.O=C1c2ccccc2C(=O)N1OS(=O)Oc1c(F)c(F)c(F)c(F)c1F. The van der Waals surface area contributed by atoms with Crippen LogP contribution >= 0.6 is 0 Å². The first-order chi connectivity index (χ1) is 67.0. The number of nitrogens with zero attached hydrogens (tertiary/aromatic N) is 6. The number of hydrogen-bond acceptors (Lipinski definition) is 31. The summed E-state index contributed by atoms with van der Waals surface area (Å²) < 4.78 is 394. The highest BCUT2D eigenvalue weighted by molar-refractivity contribution is 7.76. The quantitative estimate of drug-likeness (QED) is 0.0263. The third-order valence-electron chi connectivity index (χ3n) is 19.8. The summed E-state index contributed by atoms with van der Waals surface area (Å²) >= 11 is -18.8. The maximum atomic E-state index is 13.7. The third-order valence-corrected chi connectivity index (χ3v) is 23.3. The molecule has 8 aromatic rings. The second-order valence-electron chi connectivity index (χ2n) is 28.6. The van der Waals surface area contributed by atoms with Crippen molar-refractivity contribution in [3.63, 3.8) is 0 Å². The minimum absolute atomic E-state index is 0.000918. The van der Waals surface area contributed by atoms with Crippen molar-refractivity contribution in [3.8, 4) is 23.0 Å². The van der Waals surface area contributed by atoms with Gasteiger partial charge in [-0.25, -0.2) is 39.5 Å². The van der Waals surface area contributed by atoms with E-state index in [9.17, 15) is 175 Å². The van der Waals surface area contributed by atoms with Gasteiger partial charge >= 0.3 is 80.9 Å². The minimum Gasteiger partial charge on any atom is -0.378 e. The summed E-state index contributed by atoms with van der Waals surface area (Å²) in [6, 6.07) is 23.6. The monoisotopic (exact) mass is 2160 g/mol. The van der Waals surface area contributed by atoms with Gasteiger partial charge in [0.2, 0.25) is 105 Å². The number of aryl methyl sites for hydroxylation is 3. The van der Waals surface area contributed by atoms with E-state index < -0.39 is 268 Å². The molecule has 760 valence electrons. The van der Waals surface area contributed by atoms with Gasteiger partial charge in [-0.2, -0.15) is 60.0 Å². The highest BCUT2D eigenvalue weighted by Crippen LogP contribution is 2.46. The van der Waals surface area contributed by atoms with Crippen LogP contribution in [0.3, 0.4) is 0 Å². The number of hydroxylamine groups is 12. The Morgan fingerprint density at radius 2 is 0.531 bits per heavy atom. The lowest BCUT2D eigenvalue weighted by molar-refractivity contribution is -0.276. The summed E-state index contributed by atoms with van der Waals surface area (Å²) in [6.07, 6.45) is -7.84. The molecule has 8 heterocycles. The lowest BCUT2D eigenvalue weighted by Gasteiger charge is -2.24. The smallest absolute Gasteiger partial charge is 0.378 e. The number of fused-ring (bicyclic) bond motifs is 6. The summed E-state index contributed by atoms with van der Waals surface area (Å²) in [4.78, 5) is 144. The van der Waals surface area contributed by atoms with Crippen molar-refractivity contribution in [1.29, 1.82) is 0 Å². The zero-order valence-corrected chi connectivity index (χ0v) is 75.3. The van der Waals surface area contributed by atoms with Crippen LogP contribution < -0.4 is 16.7 Å². The van der Waals surface area contributed by atoms with E-state index in [1.54, 1.807) is 12.1 Å². The predicted octanol–water partition coefficient (Wildman–Crippen LogP) is 12.6. The van der Waals surface area contributed by atoms with Crippen molar-refractivity contribution in [2.24, 2.45) is 0 Å². The van der Waals surface area contributed by atoms with E-state index in [0.29, 0.717) is 58.4 Å². The van der Waals surface area contributed by atoms with Gasteiger partial charge in [-0.15, -0.1) is 82.4 Å². The average Bonchev–Trinajstić information content (AvgIpc) is 1.49. The lowest BCUT2D eigenvalue weighted by Crippen LogP contribution is -2.41. The molecule has 0 aromatic heterocycles. The Labute approximate surface area is 795 Å². The maximum absolute atomic E-state index is 13.7. The molecule has 8 aliphatic heterocycles. The van der Waals surface area contributed by atoms with Crippen molar-refractivity contribution in [1.82, 2.24) is 30.4 Å². The molecule has 8 unspecified atom stereocenters. The first kappa shape index (κ1) is 108. The topological polar surface area (TPSA) is 447 Å². The third kappa shape index (κ3) is 22.4. The number of carbonyl (C=O) groups excluding carboxylic acids is 12. The van der Waals surface area contributed by atoms with Crippen LogP contribution in [0.2, 0.25) is 0 Å². The maximum Gasteiger partial charge on any atom is 0.537 e. The van der Waals surface area contributed by atoms with Crippen molar-refractivity contribution in [3.05, 3.63) is 268 Å². The predicted molar refractivity (Wildman–Crippen MR) is 424 cm³/mol. The van der Waals surface area contributed by atoms with Gasteiger partial charge in [0.25, 0.3) is 70.9 Å². The molecule has 0 saturated carbocycles. The summed E-state index contributed by atoms with van der Waals surface area (Å²) in [7, 11) is 0. The Hall–Kier alpha value is -13.7. The molecule has 0 spiro atoms. The van der Waals surface area contributed by atoms with E-state index in [1.165, 1.54) is 86.6 Å². The van der Waals surface area contributed by atoms with E-state index in [4.69, 9.17) is 13.2 Å². The van der Waals surface area contributed by atoms with Crippen LogP contribution in [0.4, 0.5) is 92.2 Å². The summed E-state index contributed by atoms with van der Waals surface area (Å²) in [6.45, 7) is 8.19. The van der Waals surface area contributed by atoms with E-state index in [1.807, 2.05) is 32.9 Å². The van der Waals surface area contributed by atoms with Crippen LogP contribution in [-0.2, 0) is 136 Å². The Morgan fingerprint density at radius 1 is 0.294 bits per heavy atom. The molecular formula is C79H45F21N6O31S6. The van der Waals surface area contributed by atoms with Gasteiger partial charge in [-0.3, -0.25) is 57.5 Å². The minimum atomic E-state index is -5.22. The average molecular weight is 2170 g/mol. The molecule has 17 rings (SSSR count). The molecule has 8 aromatic carbocycles. The van der Waals surface area contributed by atoms with Gasteiger partial charge in [-0.05, 0) is 126 Å². The van der Waals surface area contributed by atoms with Gasteiger partial charge in [0.1, 0.15) is 5.75 Å². The molecular weight excluding hydrogens is 2120 g/mol. The number of imide groups is 6. The van der Waals surface area contributed by atoms with Crippen LogP contribution in [0, 0.1) is 108 Å². The fraction of sp³-hybridized carbons (Fsp3) is 0.190. The zero-order valence-electron chi connectivity index (χ0n) is 70.4. The molecule has 1 fully saturated rings. The lowest BCUT2D eigenvalue weighted by atomic mass is 9.93. The standard InChI is InChI=1S/C18H6F5NO5S.C17H19NO5S.C14H6F5NO6S.C14H4F5NO5S.C9H4F3NO5S.C7H6F3NO5S/c19-11-12(20)14(22)16(15(23)13(11)21)28-30(27)29-24-17(25)8-5-1-3-7-4-2-6-9(10(7)8)18(24)26;1-10-8-11(2)15(12(3)9-10)22-24(21)23-18-16(19)13-6-4-5-7-14(13)17(18)20;15-7-8(16)10(18)12(11(19)9(7)17)25-27(23)26-20-13(21)5-3-1-2-4(24-3)6(5)14(20)22;15-7-8(16)10(18)12(11(19)9(7)17)24-26(23)25-20-13(21)5-3-1-2-4-6(5)14(20)22;10-9(11,12)17-19(16)18-13-7(14)5-3-1-2-4-6(5)8(13)15;1-3-4(2)6(13)11(5(3)12)16-17(14)15-7(8,9)10/h1-6H;8-9H,4-7H2,1-3H3;3-4H,1-2H2;1-4H;1-4H;1-2H3. The molecule has 2 bridgehead atoms. The number of benzene rings is 8. The molecule has 12 amide bonds. The van der Waals surface area contributed by atoms with E-state index in [-0.39, 0.29) is 81.0 Å². The Bertz CT molecular complexity index is 6780. The fourth-order valence-electron chi connectivity index (χ4n) is 13.6. The number of hydrogen-bond donors (Lipinski definition) is 0. The highest BCUT2D eigenvalue weighted by atomic mass is 32.2. The number of ether oxygens (including phenoxy) is 1. The second-order valence-corrected chi connectivity index (χ2v) is 33.0. The molecule has 37 nitrogen and oxygen atoms in total. The molecule has 8 atom stereocenters. The first-order valence-electron chi connectivity index (χ1n) is 38.3. The van der Waals surface area contributed by atoms with Gasteiger partial charge < -0.3 is 21.5 Å². The number of rotatable bonds is 22. The van der Waals surface area contributed by atoms with Gasteiger partial charge in [-0.1, -0.05) is 66.2 Å². The van der Waals surface area contributed by atoms with E-state index >= 15 is 0 Å². The number of carbonyl (C=O) groups is 12. The second kappa shape index (κ2) is 43.3. The van der Waals surface area contributed by atoms with Crippen LogP contribution in [0.1, 0.15) is 131 Å². The van der Waals surface area contributed by atoms with Gasteiger partial charge in [0, 0.05) is 27.7 Å². The Balaban J connectivity index is 0.000000155.